The van der Waals surface area contributed by atoms with Gasteiger partial charge in [0.25, 0.3) is 0 Å². The van der Waals surface area contributed by atoms with Crippen LogP contribution in [0.4, 0.5) is 0 Å². The number of ketones is 1. The van der Waals surface area contributed by atoms with Gasteiger partial charge in [-0.05, 0) is 57.8 Å². The lowest BCUT2D eigenvalue weighted by atomic mass is 9.98. The number of hydrogen-bond donors (Lipinski definition) is 1. The fraction of sp³-hybridized carbons (Fsp3) is 0.588. The first-order valence-corrected chi connectivity index (χ1v) is 8.49. The van der Waals surface area contributed by atoms with Gasteiger partial charge in [-0.3, -0.25) is 4.79 Å². The standard InChI is InChI=1S/C17H24BrNO2/c1-17(21)9-3-12-19(13-10-17)11-2-4-16(20)14-5-7-15(18)8-6-14/h5-8,21H,2-4,9-13H2,1H3. The van der Waals surface area contributed by atoms with E-state index in [1.165, 1.54) is 0 Å². The third-order valence-electron chi connectivity index (χ3n) is 4.20. The second kappa shape index (κ2) is 7.52. The first-order chi connectivity index (χ1) is 9.96. The Morgan fingerprint density at radius 2 is 2.00 bits per heavy atom. The number of carbonyl (C=O) groups is 1. The molecular weight excluding hydrogens is 330 g/mol. The van der Waals surface area contributed by atoms with Gasteiger partial charge in [-0.15, -0.1) is 0 Å². The minimum Gasteiger partial charge on any atom is -0.390 e. The van der Waals surface area contributed by atoms with Gasteiger partial charge in [0.2, 0.25) is 0 Å². The predicted molar refractivity (Wildman–Crippen MR) is 88.6 cm³/mol. The molecule has 1 unspecified atom stereocenters. The van der Waals surface area contributed by atoms with Crippen molar-refractivity contribution in [1.29, 1.82) is 0 Å². The highest BCUT2D eigenvalue weighted by atomic mass is 79.9. The molecule has 1 aliphatic rings. The van der Waals surface area contributed by atoms with Crippen molar-refractivity contribution in [3.63, 3.8) is 0 Å². The summed E-state index contributed by atoms with van der Waals surface area (Å²) in [6.07, 6.45) is 4.22. The van der Waals surface area contributed by atoms with Crippen molar-refractivity contribution < 1.29 is 9.90 Å². The zero-order chi connectivity index (χ0) is 15.3. The topological polar surface area (TPSA) is 40.5 Å². The molecule has 1 atom stereocenters. The van der Waals surface area contributed by atoms with Crippen molar-refractivity contribution in [2.45, 2.75) is 44.6 Å². The number of rotatable bonds is 5. The van der Waals surface area contributed by atoms with Crippen LogP contribution < -0.4 is 0 Å². The molecule has 1 aromatic rings. The second-order valence-electron chi connectivity index (χ2n) is 6.23. The van der Waals surface area contributed by atoms with E-state index in [-0.39, 0.29) is 5.78 Å². The van der Waals surface area contributed by atoms with E-state index >= 15 is 0 Å². The fourth-order valence-electron chi connectivity index (χ4n) is 2.79. The molecular formula is C17H24BrNO2. The van der Waals surface area contributed by atoms with Crippen molar-refractivity contribution in [2.24, 2.45) is 0 Å². The van der Waals surface area contributed by atoms with Crippen molar-refractivity contribution >= 4 is 21.7 Å². The number of halogens is 1. The molecule has 0 aromatic heterocycles. The Labute approximate surface area is 135 Å². The lowest BCUT2D eigenvalue weighted by Crippen LogP contribution is -2.29. The molecule has 4 heteroatoms. The maximum atomic E-state index is 12.1. The Bertz CT molecular complexity index is 470. The summed E-state index contributed by atoms with van der Waals surface area (Å²) >= 11 is 3.38. The van der Waals surface area contributed by atoms with Gasteiger partial charge in [0.15, 0.2) is 5.78 Å². The summed E-state index contributed by atoms with van der Waals surface area (Å²) in [5, 5.41) is 10.1. The van der Waals surface area contributed by atoms with Crippen LogP contribution in [0.2, 0.25) is 0 Å². The van der Waals surface area contributed by atoms with Crippen LogP contribution >= 0.6 is 15.9 Å². The van der Waals surface area contributed by atoms with Gasteiger partial charge >= 0.3 is 0 Å². The maximum absolute atomic E-state index is 12.1. The third kappa shape index (κ3) is 5.53. The molecule has 0 spiro atoms. The van der Waals surface area contributed by atoms with E-state index in [2.05, 4.69) is 20.8 Å². The normalized spacial score (nSPS) is 23.8. The van der Waals surface area contributed by atoms with E-state index in [1.54, 1.807) is 0 Å². The van der Waals surface area contributed by atoms with E-state index < -0.39 is 5.60 Å². The molecule has 1 aromatic carbocycles. The molecule has 0 aliphatic carbocycles. The zero-order valence-electron chi connectivity index (χ0n) is 12.6. The molecule has 1 aliphatic heterocycles. The largest absolute Gasteiger partial charge is 0.390 e. The number of benzene rings is 1. The highest BCUT2D eigenvalue weighted by Crippen LogP contribution is 2.21. The van der Waals surface area contributed by atoms with E-state index in [0.717, 1.165) is 55.4 Å². The Kier molecular flexibility index (Phi) is 5.97. The minimum absolute atomic E-state index is 0.212. The zero-order valence-corrected chi connectivity index (χ0v) is 14.2. The molecule has 1 N–H and O–H groups in total. The van der Waals surface area contributed by atoms with Gasteiger partial charge in [0.1, 0.15) is 0 Å². The summed E-state index contributed by atoms with van der Waals surface area (Å²) in [5.41, 5.74) is 0.277. The molecule has 3 nitrogen and oxygen atoms in total. The second-order valence-corrected chi connectivity index (χ2v) is 7.14. The van der Waals surface area contributed by atoms with Gasteiger partial charge in [-0.25, -0.2) is 0 Å². The summed E-state index contributed by atoms with van der Waals surface area (Å²) in [6.45, 7) is 4.83. The monoisotopic (exact) mass is 353 g/mol. The lowest BCUT2D eigenvalue weighted by molar-refractivity contribution is 0.0446. The molecule has 0 radical (unpaired) electrons. The van der Waals surface area contributed by atoms with E-state index in [0.29, 0.717) is 6.42 Å². The van der Waals surface area contributed by atoms with Gasteiger partial charge in [-0.2, -0.15) is 0 Å². The summed E-state index contributed by atoms with van der Waals surface area (Å²) in [4.78, 5) is 14.5. The van der Waals surface area contributed by atoms with Crippen LogP contribution in [-0.4, -0.2) is 41.0 Å². The highest BCUT2D eigenvalue weighted by molar-refractivity contribution is 9.10. The summed E-state index contributed by atoms with van der Waals surface area (Å²) < 4.78 is 0.996. The SMILES string of the molecule is CC1(O)CCCN(CCCC(=O)c2ccc(Br)cc2)CC1. The molecule has 0 bridgehead atoms. The average molecular weight is 354 g/mol. The van der Waals surface area contributed by atoms with E-state index in [4.69, 9.17) is 0 Å². The van der Waals surface area contributed by atoms with Crippen molar-refractivity contribution in [3.8, 4) is 0 Å². The Balaban J connectivity index is 1.74. The molecule has 0 amide bonds. The number of carbonyl (C=O) groups excluding carboxylic acids is 1. The number of likely N-dealkylation sites (tertiary alicyclic amines) is 1. The van der Waals surface area contributed by atoms with Crippen LogP contribution in [0.3, 0.4) is 0 Å². The summed E-state index contributed by atoms with van der Waals surface area (Å²) in [5.74, 6) is 0.212. The van der Waals surface area contributed by atoms with Gasteiger partial charge in [0, 0.05) is 23.0 Å². The van der Waals surface area contributed by atoms with Gasteiger partial charge in [0.05, 0.1) is 5.60 Å². The van der Waals surface area contributed by atoms with Crippen LogP contribution in [0.5, 0.6) is 0 Å². The summed E-state index contributed by atoms with van der Waals surface area (Å²) in [7, 11) is 0. The highest BCUT2D eigenvalue weighted by Gasteiger charge is 2.24. The molecule has 1 saturated heterocycles. The van der Waals surface area contributed by atoms with Gasteiger partial charge < -0.3 is 10.0 Å². The smallest absolute Gasteiger partial charge is 0.162 e. The molecule has 0 saturated carbocycles. The Hall–Kier alpha value is -0.710. The van der Waals surface area contributed by atoms with Crippen molar-refractivity contribution in [3.05, 3.63) is 34.3 Å². The Morgan fingerprint density at radius 1 is 1.29 bits per heavy atom. The third-order valence-corrected chi connectivity index (χ3v) is 4.73. The van der Waals surface area contributed by atoms with Crippen LogP contribution in [-0.2, 0) is 0 Å². The van der Waals surface area contributed by atoms with Crippen LogP contribution in [0.15, 0.2) is 28.7 Å². The fourth-order valence-corrected chi connectivity index (χ4v) is 3.05. The molecule has 1 heterocycles. The number of hydrogen-bond acceptors (Lipinski definition) is 3. The number of aliphatic hydroxyl groups is 1. The average Bonchev–Trinajstić information content (AvgIpc) is 2.61. The van der Waals surface area contributed by atoms with Crippen LogP contribution in [0.1, 0.15) is 49.4 Å². The first-order valence-electron chi connectivity index (χ1n) is 7.70. The minimum atomic E-state index is -0.512. The predicted octanol–water partition coefficient (Wildman–Crippen LogP) is 3.65. The number of Topliss-reactive ketones (excluding diaryl/α,β-unsaturated/α-hetero) is 1. The Morgan fingerprint density at radius 3 is 2.71 bits per heavy atom. The molecule has 21 heavy (non-hydrogen) atoms. The maximum Gasteiger partial charge on any atom is 0.162 e. The molecule has 1 fully saturated rings. The van der Waals surface area contributed by atoms with Crippen molar-refractivity contribution in [1.82, 2.24) is 4.90 Å². The quantitative estimate of drug-likeness (QED) is 0.821. The molecule has 116 valence electrons. The summed E-state index contributed by atoms with van der Waals surface area (Å²) in [6, 6.07) is 7.55. The number of nitrogens with zero attached hydrogens (tertiary/aromatic N) is 1. The molecule has 2 rings (SSSR count). The van der Waals surface area contributed by atoms with Crippen LogP contribution in [0, 0.1) is 0 Å². The van der Waals surface area contributed by atoms with E-state index in [9.17, 15) is 9.90 Å². The van der Waals surface area contributed by atoms with Crippen molar-refractivity contribution in [2.75, 3.05) is 19.6 Å². The first kappa shape index (κ1) is 16.7. The van der Waals surface area contributed by atoms with E-state index in [1.807, 2.05) is 31.2 Å². The lowest BCUT2D eigenvalue weighted by Gasteiger charge is -2.22. The van der Waals surface area contributed by atoms with Gasteiger partial charge in [-0.1, -0.05) is 28.1 Å². The van der Waals surface area contributed by atoms with Crippen LogP contribution in [0.25, 0.3) is 0 Å².